The summed E-state index contributed by atoms with van der Waals surface area (Å²) in [7, 11) is 0. The number of hydrogen-bond donors (Lipinski definition) is 0. The van der Waals surface area contributed by atoms with Crippen molar-refractivity contribution in [1.82, 2.24) is 4.98 Å². The first-order valence-electron chi connectivity index (χ1n) is 4.63. The molecule has 2 rings (SSSR count). The Morgan fingerprint density at radius 1 is 1.57 bits per heavy atom. The second-order valence-electron chi connectivity index (χ2n) is 3.14. The summed E-state index contributed by atoms with van der Waals surface area (Å²) in [5, 5.41) is 0. The summed E-state index contributed by atoms with van der Waals surface area (Å²) < 4.78 is 10.8. The maximum atomic E-state index is 5.63. The lowest BCUT2D eigenvalue weighted by molar-refractivity contribution is 0.138. The minimum absolute atomic E-state index is 0.183. The van der Waals surface area contributed by atoms with Gasteiger partial charge < -0.3 is 9.47 Å². The Labute approximate surface area is 87.8 Å². The summed E-state index contributed by atoms with van der Waals surface area (Å²) in [6.45, 7) is 1.49. The van der Waals surface area contributed by atoms with E-state index in [-0.39, 0.29) is 6.10 Å². The van der Waals surface area contributed by atoms with Crippen LogP contribution in [-0.4, -0.2) is 30.6 Å². The van der Waals surface area contributed by atoms with Crippen LogP contribution in [0.2, 0.25) is 0 Å². The van der Waals surface area contributed by atoms with E-state index in [2.05, 4.69) is 4.98 Å². The van der Waals surface area contributed by atoms with E-state index in [9.17, 15) is 0 Å². The molecule has 4 heteroatoms. The second kappa shape index (κ2) is 4.66. The first-order valence-corrected chi connectivity index (χ1v) is 5.85. The molecule has 1 atom stereocenters. The summed E-state index contributed by atoms with van der Waals surface area (Å²) in [6.07, 6.45) is 5.01. The van der Waals surface area contributed by atoms with Crippen LogP contribution in [0.1, 0.15) is 6.42 Å². The van der Waals surface area contributed by atoms with E-state index in [0.29, 0.717) is 12.5 Å². The van der Waals surface area contributed by atoms with Crippen LogP contribution < -0.4 is 4.74 Å². The predicted molar refractivity (Wildman–Crippen MR) is 55.9 cm³/mol. The number of nitrogens with zero attached hydrogens (tertiary/aromatic N) is 1. The van der Waals surface area contributed by atoms with Crippen molar-refractivity contribution in [3.8, 4) is 5.88 Å². The molecule has 0 radical (unpaired) electrons. The van der Waals surface area contributed by atoms with E-state index in [4.69, 9.17) is 9.47 Å². The van der Waals surface area contributed by atoms with Crippen LogP contribution in [-0.2, 0) is 4.74 Å². The average Bonchev–Trinajstić information content (AvgIpc) is 2.72. The van der Waals surface area contributed by atoms with Gasteiger partial charge in [-0.3, -0.25) is 0 Å². The first kappa shape index (κ1) is 9.80. The highest BCUT2D eigenvalue weighted by Gasteiger charge is 2.17. The Morgan fingerprint density at radius 3 is 3.07 bits per heavy atom. The number of rotatable bonds is 3. The molecule has 0 amide bonds. The third kappa shape index (κ3) is 2.39. The van der Waals surface area contributed by atoms with Crippen molar-refractivity contribution >= 4 is 11.8 Å². The Hall–Kier alpha value is -0.740. The van der Waals surface area contributed by atoms with Crippen LogP contribution in [0, 0.1) is 0 Å². The number of hydrogen-bond acceptors (Lipinski definition) is 4. The lowest BCUT2D eigenvalue weighted by Gasteiger charge is -2.10. The van der Waals surface area contributed by atoms with Crippen LogP contribution in [0.5, 0.6) is 5.88 Å². The molecule has 1 unspecified atom stereocenters. The molecule has 1 aliphatic rings. The van der Waals surface area contributed by atoms with E-state index in [1.165, 1.54) is 0 Å². The van der Waals surface area contributed by atoms with Gasteiger partial charge in [-0.1, -0.05) is 0 Å². The maximum Gasteiger partial charge on any atom is 0.213 e. The molecule has 76 valence electrons. The van der Waals surface area contributed by atoms with E-state index in [0.717, 1.165) is 17.9 Å². The highest BCUT2D eigenvalue weighted by atomic mass is 32.2. The normalized spacial score (nSPS) is 21.1. The van der Waals surface area contributed by atoms with Gasteiger partial charge in [0.15, 0.2) is 0 Å². The van der Waals surface area contributed by atoms with Crippen LogP contribution in [0.4, 0.5) is 0 Å². The molecule has 0 aliphatic carbocycles. The molecule has 1 aromatic heterocycles. The fourth-order valence-electron chi connectivity index (χ4n) is 1.33. The quantitative estimate of drug-likeness (QED) is 0.715. The molecule has 0 aromatic carbocycles. The fraction of sp³-hybridized carbons (Fsp3) is 0.500. The number of thioether (sulfide) groups is 1. The lowest BCUT2D eigenvalue weighted by Crippen LogP contribution is -2.16. The van der Waals surface area contributed by atoms with Crippen molar-refractivity contribution in [2.75, 3.05) is 19.5 Å². The van der Waals surface area contributed by atoms with Gasteiger partial charge in [-0.05, 0) is 12.3 Å². The molecule has 1 fully saturated rings. The van der Waals surface area contributed by atoms with Crippen LogP contribution >= 0.6 is 11.8 Å². The zero-order valence-electron chi connectivity index (χ0n) is 8.10. The molecule has 1 saturated heterocycles. The number of pyridine rings is 1. The van der Waals surface area contributed by atoms with Gasteiger partial charge in [0.2, 0.25) is 5.88 Å². The summed E-state index contributed by atoms with van der Waals surface area (Å²) >= 11 is 1.68. The third-order valence-corrected chi connectivity index (χ3v) is 2.83. The van der Waals surface area contributed by atoms with E-state index in [1.807, 2.05) is 24.6 Å². The van der Waals surface area contributed by atoms with Crippen molar-refractivity contribution < 1.29 is 9.47 Å². The van der Waals surface area contributed by atoms with Gasteiger partial charge in [-0.15, -0.1) is 11.8 Å². The molecule has 0 saturated carbocycles. The lowest BCUT2D eigenvalue weighted by atomic mass is 10.3. The minimum Gasteiger partial charge on any atom is -0.472 e. The van der Waals surface area contributed by atoms with Crippen molar-refractivity contribution in [3.63, 3.8) is 0 Å². The third-order valence-electron chi connectivity index (χ3n) is 2.12. The molecular weight excluding hydrogens is 198 g/mol. The van der Waals surface area contributed by atoms with E-state index in [1.54, 1.807) is 11.8 Å². The predicted octanol–water partition coefficient (Wildman–Crippen LogP) is 1.97. The molecule has 0 N–H and O–H groups in total. The van der Waals surface area contributed by atoms with Gasteiger partial charge >= 0.3 is 0 Å². The molecule has 3 nitrogen and oxygen atoms in total. The summed E-state index contributed by atoms with van der Waals surface area (Å²) in [4.78, 5) is 5.37. The zero-order valence-corrected chi connectivity index (χ0v) is 8.92. The van der Waals surface area contributed by atoms with Crippen molar-refractivity contribution in [2.24, 2.45) is 0 Å². The Kier molecular flexibility index (Phi) is 3.26. The van der Waals surface area contributed by atoms with Crippen molar-refractivity contribution in [1.29, 1.82) is 0 Å². The summed E-state index contributed by atoms with van der Waals surface area (Å²) in [5.74, 6) is 0.693. The topological polar surface area (TPSA) is 31.4 Å². The molecular formula is C10H13NO2S. The Balaban J connectivity index is 1.95. The van der Waals surface area contributed by atoms with Crippen molar-refractivity contribution in [3.05, 3.63) is 18.3 Å². The second-order valence-corrected chi connectivity index (χ2v) is 4.02. The Morgan fingerprint density at radius 2 is 2.50 bits per heavy atom. The van der Waals surface area contributed by atoms with Gasteiger partial charge in [-0.2, -0.15) is 0 Å². The smallest absolute Gasteiger partial charge is 0.213 e. The summed E-state index contributed by atoms with van der Waals surface area (Å²) in [5.41, 5.74) is 0. The van der Waals surface area contributed by atoms with Gasteiger partial charge in [0.25, 0.3) is 0 Å². The molecule has 1 aliphatic heterocycles. The molecule has 1 aromatic rings. The number of ether oxygens (including phenoxy) is 2. The zero-order chi connectivity index (χ0) is 9.80. The van der Waals surface area contributed by atoms with Gasteiger partial charge in [0.1, 0.15) is 6.10 Å². The van der Waals surface area contributed by atoms with Gasteiger partial charge in [0, 0.05) is 23.6 Å². The van der Waals surface area contributed by atoms with Gasteiger partial charge in [0.05, 0.1) is 13.2 Å². The van der Waals surface area contributed by atoms with Crippen molar-refractivity contribution in [2.45, 2.75) is 17.4 Å². The van der Waals surface area contributed by atoms with Crippen LogP contribution in [0.3, 0.4) is 0 Å². The van der Waals surface area contributed by atoms with Crippen LogP contribution in [0.25, 0.3) is 0 Å². The fourth-order valence-corrected chi connectivity index (χ4v) is 1.70. The maximum absolute atomic E-state index is 5.63. The van der Waals surface area contributed by atoms with Crippen LogP contribution in [0.15, 0.2) is 23.2 Å². The Bertz CT molecular complexity index is 283. The van der Waals surface area contributed by atoms with E-state index < -0.39 is 0 Å². The largest absolute Gasteiger partial charge is 0.472 e. The minimum atomic E-state index is 0.183. The SMILES string of the molecule is CSc1ccc(OC2CCOC2)nc1. The summed E-state index contributed by atoms with van der Waals surface area (Å²) in [6, 6.07) is 3.92. The average molecular weight is 211 g/mol. The highest BCUT2D eigenvalue weighted by Crippen LogP contribution is 2.18. The molecule has 0 bridgehead atoms. The van der Waals surface area contributed by atoms with E-state index >= 15 is 0 Å². The molecule has 14 heavy (non-hydrogen) atoms. The number of aromatic nitrogens is 1. The first-order chi connectivity index (χ1) is 6.88. The molecule has 2 heterocycles. The van der Waals surface area contributed by atoms with Gasteiger partial charge in [-0.25, -0.2) is 4.98 Å². The standard InChI is InChI=1S/C10H13NO2S/c1-14-9-2-3-10(11-6-9)13-8-4-5-12-7-8/h2-3,6,8H,4-5,7H2,1H3. The highest BCUT2D eigenvalue weighted by molar-refractivity contribution is 7.98. The monoisotopic (exact) mass is 211 g/mol. The molecule has 0 spiro atoms.